The monoisotopic (exact) mass is 152 g/mol. The zero-order valence-corrected chi connectivity index (χ0v) is 8.28. The summed E-state index contributed by atoms with van der Waals surface area (Å²) in [7, 11) is 0. The van der Waals surface area contributed by atoms with E-state index in [2.05, 4.69) is 39.8 Å². The summed E-state index contributed by atoms with van der Waals surface area (Å²) in [5.41, 5.74) is 3.13. The molecule has 0 nitrogen and oxygen atoms in total. The molecule has 0 aromatic heterocycles. The van der Waals surface area contributed by atoms with Gasteiger partial charge in [0.2, 0.25) is 0 Å². The highest BCUT2D eigenvalue weighted by Crippen LogP contribution is 2.16. The van der Waals surface area contributed by atoms with Gasteiger partial charge in [-0.1, -0.05) is 38.5 Å². The Kier molecular flexibility index (Phi) is 5.91. The van der Waals surface area contributed by atoms with Crippen molar-refractivity contribution >= 4 is 0 Å². The molecule has 0 aliphatic heterocycles. The molecule has 0 amide bonds. The summed E-state index contributed by atoms with van der Waals surface area (Å²) in [6.07, 6.45) is 7.93. The molecule has 0 rings (SSSR count). The summed E-state index contributed by atoms with van der Waals surface area (Å²) in [5, 5.41) is 0. The van der Waals surface area contributed by atoms with E-state index >= 15 is 0 Å². The van der Waals surface area contributed by atoms with Crippen molar-refractivity contribution in [3.63, 3.8) is 0 Å². The average molecular weight is 152 g/mol. The van der Waals surface area contributed by atoms with Crippen LogP contribution in [0.2, 0.25) is 0 Å². The molecule has 0 heterocycles. The van der Waals surface area contributed by atoms with Crippen molar-refractivity contribution in [1.29, 1.82) is 0 Å². The molecule has 0 radical (unpaired) electrons. The fourth-order valence-electron chi connectivity index (χ4n) is 1.39. The first-order valence-electron chi connectivity index (χ1n) is 4.63. The molecular weight excluding hydrogens is 132 g/mol. The molecule has 0 bridgehead atoms. The predicted molar refractivity (Wildman–Crippen MR) is 52.7 cm³/mol. The van der Waals surface area contributed by atoms with Crippen LogP contribution in [-0.2, 0) is 0 Å². The van der Waals surface area contributed by atoms with E-state index in [0.29, 0.717) is 0 Å². The van der Waals surface area contributed by atoms with Gasteiger partial charge in [-0.05, 0) is 31.8 Å². The van der Waals surface area contributed by atoms with Gasteiger partial charge in [0.05, 0.1) is 0 Å². The molecular formula is C11H20. The van der Waals surface area contributed by atoms with Gasteiger partial charge in [-0.25, -0.2) is 0 Å². The lowest BCUT2D eigenvalue weighted by Crippen LogP contribution is -1.85. The average Bonchev–Trinajstić information content (AvgIpc) is 2.05. The molecule has 0 aromatic rings. The van der Waals surface area contributed by atoms with Crippen LogP contribution in [0.5, 0.6) is 0 Å². The summed E-state index contributed by atoms with van der Waals surface area (Å²) in [6, 6.07) is 0. The summed E-state index contributed by atoms with van der Waals surface area (Å²) in [6.45, 7) is 8.77. The van der Waals surface area contributed by atoms with Gasteiger partial charge in [-0.2, -0.15) is 0 Å². The second-order valence-corrected chi connectivity index (χ2v) is 2.69. The van der Waals surface area contributed by atoms with Gasteiger partial charge in [0.1, 0.15) is 0 Å². The zero-order valence-electron chi connectivity index (χ0n) is 8.28. The third kappa shape index (κ3) is 3.41. The molecule has 0 saturated heterocycles. The van der Waals surface area contributed by atoms with E-state index in [9.17, 15) is 0 Å². The van der Waals surface area contributed by atoms with E-state index in [1.165, 1.54) is 24.8 Å². The minimum atomic E-state index is 1.17. The van der Waals surface area contributed by atoms with Crippen LogP contribution in [0.25, 0.3) is 0 Å². The van der Waals surface area contributed by atoms with Crippen molar-refractivity contribution in [2.45, 2.75) is 47.0 Å². The van der Waals surface area contributed by atoms with E-state index in [4.69, 9.17) is 0 Å². The minimum Gasteiger partial charge on any atom is -0.0874 e. The summed E-state index contributed by atoms with van der Waals surface area (Å²) in [5.74, 6) is 0. The largest absolute Gasteiger partial charge is 0.0874 e. The number of allylic oxidation sites excluding steroid dienone is 4. The highest BCUT2D eigenvalue weighted by molar-refractivity contribution is 5.24. The Hall–Kier alpha value is -0.520. The summed E-state index contributed by atoms with van der Waals surface area (Å²) >= 11 is 0. The molecule has 11 heavy (non-hydrogen) atoms. The van der Waals surface area contributed by atoms with Crippen molar-refractivity contribution in [3.8, 4) is 0 Å². The Morgan fingerprint density at radius 2 is 1.55 bits per heavy atom. The molecule has 0 fully saturated rings. The zero-order chi connectivity index (χ0) is 8.69. The molecule has 0 heteroatoms. The molecule has 0 aliphatic carbocycles. The van der Waals surface area contributed by atoms with E-state index in [1.54, 1.807) is 5.57 Å². The Labute approximate surface area is 71.0 Å². The maximum absolute atomic E-state index is 2.24. The van der Waals surface area contributed by atoms with Gasteiger partial charge in [0.25, 0.3) is 0 Å². The van der Waals surface area contributed by atoms with Crippen molar-refractivity contribution in [2.75, 3.05) is 0 Å². The van der Waals surface area contributed by atoms with Crippen LogP contribution >= 0.6 is 0 Å². The smallest absolute Gasteiger partial charge is 0.0308 e. The van der Waals surface area contributed by atoms with Crippen molar-refractivity contribution in [1.82, 2.24) is 0 Å². The second-order valence-electron chi connectivity index (χ2n) is 2.69. The van der Waals surface area contributed by atoms with Gasteiger partial charge in [0, 0.05) is 0 Å². The van der Waals surface area contributed by atoms with E-state index in [0.717, 1.165) is 0 Å². The quantitative estimate of drug-likeness (QED) is 0.532. The van der Waals surface area contributed by atoms with Gasteiger partial charge in [0.15, 0.2) is 0 Å². The maximum atomic E-state index is 2.24. The van der Waals surface area contributed by atoms with E-state index in [1.807, 2.05) is 0 Å². The van der Waals surface area contributed by atoms with Crippen molar-refractivity contribution < 1.29 is 0 Å². The fourth-order valence-corrected chi connectivity index (χ4v) is 1.39. The molecule has 0 atom stereocenters. The van der Waals surface area contributed by atoms with Crippen LogP contribution in [0.15, 0.2) is 23.3 Å². The lowest BCUT2D eigenvalue weighted by atomic mass is 10.0. The highest BCUT2D eigenvalue weighted by atomic mass is 14.0. The van der Waals surface area contributed by atoms with Gasteiger partial charge in [-0.3, -0.25) is 0 Å². The van der Waals surface area contributed by atoms with Gasteiger partial charge >= 0.3 is 0 Å². The van der Waals surface area contributed by atoms with Crippen LogP contribution in [0.1, 0.15) is 47.0 Å². The van der Waals surface area contributed by atoms with Crippen molar-refractivity contribution in [2.24, 2.45) is 0 Å². The first-order chi connectivity index (χ1) is 5.29. The third-order valence-corrected chi connectivity index (χ3v) is 2.06. The number of hydrogen-bond acceptors (Lipinski definition) is 0. The van der Waals surface area contributed by atoms with Crippen molar-refractivity contribution in [3.05, 3.63) is 23.3 Å². The third-order valence-electron chi connectivity index (χ3n) is 2.06. The van der Waals surface area contributed by atoms with E-state index in [-0.39, 0.29) is 0 Å². The molecule has 64 valence electrons. The normalized spacial score (nSPS) is 10.5. The van der Waals surface area contributed by atoms with Crippen LogP contribution in [0.4, 0.5) is 0 Å². The first kappa shape index (κ1) is 10.5. The van der Waals surface area contributed by atoms with Crippen LogP contribution in [0, 0.1) is 0 Å². The van der Waals surface area contributed by atoms with Gasteiger partial charge < -0.3 is 0 Å². The van der Waals surface area contributed by atoms with Gasteiger partial charge in [-0.15, -0.1) is 0 Å². The van der Waals surface area contributed by atoms with Crippen LogP contribution in [-0.4, -0.2) is 0 Å². The number of rotatable bonds is 4. The topological polar surface area (TPSA) is 0 Å². The lowest BCUT2D eigenvalue weighted by Gasteiger charge is -2.05. The van der Waals surface area contributed by atoms with Crippen LogP contribution < -0.4 is 0 Å². The minimum absolute atomic E-state index is 1.17. The molecule has 0 spiro atoms. The standard InChI is InChI=1S/C11H20/c1-5-9-11(8-4)10(6-2)7-3/h5,9H,6-8H2,1-4H3. The molecule has 0 unspecified atom stereocenters. The molecule has 0 aliphatic rings. The predicted octanol–water partition coefficient (Wildman–Crippen LogP) is 4.09. The number of hydrogen-bond donors (Lipinski definition) is 0. The molecule has 0 aromatic carbocycles. The Balaban J connectivity index is 4.47. The second kappa shape index (κ2) is 6.21. The fraction of sp³-hybridized carbons (Fsp3) is 0.636. The maximum Gasteiger partial charge on any atom is -0.0308 e. The Morgan fingerprint density at radius 3 is 1.82 bits per heavy atom. The summed E-state index contributed by atoms with van der Waals surface area (Å²) in [4.78, 5) is 0. The SMILES string of the molecule is CC=CC(CC)=C(CC)CC. The first-order valence-corrected chi connectivity index (χ1v) is 4.63. The van der Waals surface area contributed by atoms with Crippen LogP contribution in [0.3, 0.4) is 0 Å². The Bertz CT molecular complexity index is 143. The molecule has 0 saturated carbocycles. The lowest BCUT2D eigenvalue weighted by molar-refractivity contribution is 0.929. The summed E-state index contributed by atoms with van der Waals surface area (Å²) < 4.78 is 0. The Morgan fingerprint density at radius 1 is 1.00 bits per heavy atom. The molecule has 0 N–H and O–H groups in total. The van der Waals surface area contributed by atoms with E-state index < -0.39 is 0 Å². The highest BCUT2D eigenvalue weighted by Gasteiger charge is 1.96.